The van der Waals surface area contributed by atoms with Crippen LogP contribution in [0, 0.1) is 15.9 Å². The van der Waals surface area contributed by atoms with Gasteiger partial charge in [0.05, 0.1) is 22.1 Å². The lowest BCUT2D eigenvalue weighted by molar-refractivity contribution is -0.384. The molecule has 1 aromatic carbocycles. The fourth-order valence-electron chi connectivity index (χ4n) is 1.44. The second-order valence-corrected chi connectivity index (χ2v) is 4.14. The number of anilines is 1. The van der Waals surface area contributed by atoms with Gasteiger partial charge >= 0.3 is 0 Å². The molecule has 0 aliphatic carbocycles. The van der Waals surface area contributed by atoms with E-state index in [0.717, 1.165) is 12.1 Å². The number of rotatable bonds is 4. The smallest absolute Gasteiger partial charge is 0.278 e. The molecule has 8 heteroatoms. The lowest BCUT2D eigenvalue weighted by Crippen LogP contribution is -1.98. The summed E-state index contributed by atoms with van der Waals surface area (Å²) in [6, 6.07) is 6.23. The van der Waals surface area contributed by atoms with E-state index in [-0.39, 0.29) is 28.2 Å². The zero-order valence-electron chi connectivity index (χ0n) is 10.3. The zero-order chi connectivity index (χ0) is 14.7. The fourth-order valence-corrected chi connectivity index (χ4v) is 1.56. The van der Waals surface area contributed by atoms with Crippen molar-refractivity contribution in [1.82, 2.24) is 4.98 Å². The van der Waals surface area contributed by atoms with Crippen LogP contribution in [0.2, 0.25) is 5.02 Å². The molecule has 0 aliphatic heterocycles. The van der Waals surface area contributed by atoms with E-state index < -0.39 is 10.7 Å². The topological polar surface area (TPSA) is 77.3 Å². The average Bonchev–Trinajstić information content (AvgIpc) is 2.42. The van der Waals surface area contributed by atoms with Crippen LogP contribution < -0.4 is 10.1 Å². The molecular weight excluding hydrogens is 289 g/mol. The van der Waals surface area contributed by atoms with Gasteiger partial charge in [0.2, 0.25) is 5.88 Å². The molecule has 0 bridgehead atoms. The van der Waals surface area contributed by atoms with Crippen LogP contribution in [0.3, 0.4) is 0 Å². The Hall–Kier alpha value is -2.41. The normalized spacial score (nSPS) is 10.2. The number of ether oxygens (including phenoxy) is 1. The molecule has 0 saturated heterocycles. The standard InChI is InChI=1S/C12H9ClFN3O3/c1-15-11-4-7(17(18)19)5-12(16-11)20-8-2-3-9(13)10(14)6-8/h2-6H,1H3,(H,15,16). The molecule has 1 heterocycles. The minimum absolute atomic E-state index is 0.0229. The molecule has 104 valence electrons. The Labute approximate surface area is 118 Å². The number of nitrogens with one attached hydrogen (secondary N) is 1. The molecule has 2 rings (SSSR count). The number of aromatic nitrogens is 1. The molecule has 2 aromatic rings. The van der Waals surface area contributed by atoms with Crippen molar-refractivity contribution in [2.75, 3.05) is 12.4 Å². The highest BCUT2D eigenvalue weighted by Gasteiger charge is 2.12. The van der Waals surface area contributed by atoms with E-state index in [1.807, 2.05) is 0 Å². The van der Waals surface area contributed by atoms with Gasteiger partial charge in [0.1, 0.15) is 17.4 Å². The van der Waals surface area contributed by atoms with Gasteiger partial charge in [-0.1, -0.05) is 11.6 Å². The summed E-state index contributed by atoms with van der Waals surface area (Å²) in [7, 11) is 1.57. The average molecular weight is 298 g/mol. The Bertz CT molecular complexity index is 666. The van der Waals surface area contributed by atoms with Crippen molar-refractivity contribution in [3.8, 4) is 11.6 Å². The summed E-state index contributed by atoms with van der Waals surface area (Å²) in [5.41, 5.74) is -0.186. The molecule has 0 aliphatic rings. The van der Waals surface area contributed by atoms with Crippen molar-refractivity contribution in [2.45, 2.75) is 0 Å². The summed E-state index contributed by atoms with van der Waals surface area (Å²) in [6.07, 6.45) is 0. The number of hydrogen-bond donors (Lipinski definition) is 1. The SMILES string of the molecule is CNc1cc([N+](=O)[O-])cc(Oc2ccc(Cl)c(F)c2)n1. The Morgan fingerprint density at radius 1 is 1.40 bits per heavy atom. The lowest BCUT2D eigenvalue weighted by atomic mass is 10.3. The van der Waals surface area contributed by atoms with Crippen LogP contribution in [0.4, 0.5) is 15.9 Å². The van der Waals surface area contributed by atoms with Crippen molar-refractivity contribution in [3.63, 3.8) is 0 Å². The quantitative estimate of drug-likeness (QED) is 0.689. The lowest BCUT2D eigenvalue weighted by Gasteiger charge is -2.07. The molecule has 1 aromatic heterocycles. The van der Waals surface area contributed by atoms with Gasteiger partial charge in [-0.15, -0.1) is 0 Å². The van der Waals surface area contributed by atoms with Gasteiger partial charge in [-0.3, -0.25) is 10.1 Å². The Morgan fingerprint density at radius 3 is 2.75 bits per heavy atom. The third-order valence-corrected chi connectivity index (χ3v) is 2.67. The number of halogens is 2. The predicted octanol–water partition coefficient (Wildman–Crippen LogP) is 3.62. The van der Waals surface area contributed by atoms with Gasteiger partial charge in [0.25, 0.3) is 5.69 Å². The molecule has 0 radical (unpaired) electrons. The second-order valence-electron chi connectivity index (χ2n) is 3.73. The highest BCUT2D eigenvalue weighted by Crippen LogP contribution is 2.28. The molecule has 0 unspecified atom stereocenters. The fraction of sp³-hybridized carbons (Fsp3) is 0.0833. The van der Waals surface area contributed by atoms with Crippen LogP contribution in [0.5, 0.6) is 11.6 Å². The maximum atomic E-state index is 13.3. The van der Waals surface area contributed by atoms with Crippen molar-refractivity contribution < 1.29 is 14.1 Å². The summed E-state index contributed by atoms with van der Waals surface area (Å²) in [6.45, 7) is 0. The first kappa shape index (κ1) is 14.0. The molecule has 20 heavy (non-hydrogen) atoms. The van der Waals surface area contributed by atoms with E-state index in [1.54, 1.807) is 7.05 Å². The van der Waals surface area contributed by atoms with Crippen molar-refractivity contribution in [2.24, 2.45) is 0 Å². The number of nitro groups is 1. The molecule has 0 amide bonds. The molecule has 6 nitrogen and oxygen atoms in total. The summed E-state index contributed by atoms with van der Waals surface area (Å²) in [5.74, 6) is -0.265. The summed E-state index contributed by atoms with van der Waals surface area (Å²) >= 11 is 5.55. The summed E-state index contributed by atoms with van der Waals surface area (Å²) in [5, 5.41) is 13.4. The van der Waals surface area contributed by atoms with Gasteiger partial charge in [-0.2, -0.15) is 4.98 Å². The monoisotopic (exact) mass is 297 g/mol. The zero-order valence-corrected chi connectivity index (χ0v) is 11.0. The van der Waals surface area contributed by atoms with Crippen LogP contribution in [-0.4, -0.2) is 17.0 Å². The number of nitrogens with zero attached hydrogens (tertiary/aromatic N) is 2. The molecule has 0 spiro atoms. The van der Waals surface area contributed by atoms with E-state index >= 15 is 0 Å². The van der Waals surface area contributed by atoms with Crippen LogP contribution >= 0.6 is 11.6 Å². The summed E-state index contributed by atoms with van der Waals surface area (Å²) < 4.78 is 18.6. The van der Waals surface area contributed by atoms with Gasteiger partial charge in [-0.25, -0.2) is 4.39 Å². The van der Waals surface area contributed by atoms with E-state index in [2.05, 4.69) is 10.3 Å². The number of benzene rings is 1. The maximum Gasteiger partial charge on any atom is 0.278 e. The first-order valence-corrected chi connectivity index (χ1v) is 5.84. The minimum Gasteiger partial charge on any atom is -0.439 e. The van der Waals surface area contributed by atoms with Crippen LogP contribution in [0.15, 0.2) is 30.3 Å². The maximum absolute atomic E-state index is 13.3. The van der Waals surface area contributed by atoms with Crippen LogP contribution in [-0.2, 0) is 0 Å². The van der Waals surface area contributed by atoms with Crippen molar-refractivity contribution in [1.29, 1.82) is 0 Å². The number of hydrogen-bond acceptors (Lipinski definition) is 5. The Kier molecular flexibility index (Phi) is 3.99. The van der Waals surface area contributed by atoms with Crippen molar-refractivity contribution in [3.05, 3.63) is 51.3 Å². The third-order valence-electron chi connectivity index (χ3n) is 2.37. The third kappa shape index (κ3) is 3.12. The van der Waals surface area contributed by atoms with Crippen LogP contribution in [0.1, 0.15) is 0 Å². The van der Waals surface area contributed by atoms with Gasteiger partial charge < -0.3 is 10.1 Å². The highest BCUT2D eigenvalue weighted by atomic mass is 35.5. The summed E-state index contributed by atoms with van der Waals surface area (Å²) in [4.78, 5) is 14.2. The van der Waals surface area contributed by atoms with Gasteiger partial charge in [0.15, 0.2) is 0 Å². The molecule has 0 atom stereocenters. The Balaban J connectivity index is 2.34. The molecule has 0 saturated carbocycles. The number of pyridine rings is 1. The minimum atomic E-state index is -0.650. The van der Waals surface area contributed by atoms with E-state index in [1.165, 1.54) is 18.2 Å². The first-order valence-electron chi connectivity index (χ1n) is 5.46. The van der Waals surface area contributed by atoms with Crippen molar-refractivity contribution >= 4 is 23.1 Å². The predicted molar refractivity (Wildman–Crippen MR) is 71.9 cm³/mol. The Morgan fingerprint density at radius 2 is 2.15 bits per heavy atom. The second kappa shape index (κ2) is 5.70. The van der Waals surface area contributed by atoms with E-state index in [0.29, 0.717) is 0 Å². The molecule has 1 N–H and O–H groups in total. The molecular formula is C12H9ClFN3O3. The van der Waals surface area contributed by atoms with Gasteiger partial charge in [0, 0.05) is 13.1 Å². The first-order chi connectivity index (χ1) is 9.49. The van der Waals surface area contributed by atoms with Gasteiger partial charge in [-0.05, 0) is 12.1 Å². The van der Waals surface area contributed by atoms with Crippen LogP contribution in [0.25, 0.3) is 0 Å². The van der Waals surface area contributed by atoms with E-state index in [4.69, 9.17) is 16.3 Å². The largest absolute Gasteiger partial charge is 0.439 e. The molecule has 0 fully saturated rings. The van der Waals surface area contributed by atoms with E-state index in [9.17, 15) is 14.5 Å². The highest BCUT2D eigenvalue weighted by molar-refractivity contribution is 6.30.